The smallest absolute Gasteiger partial charge is 0.153 e. The van der Waals surface area contributed by atoms with Crippen LogP contribution < -0.4 is 0 Å². The van der Waals surface area contributed by atoms with Crippen LogP contribution in [-0.4, -0.2) is 9.97 Å². The minimum absolute atomic E-state index is 0.846. The largest absolute Gasteiger partial charge is 0.454 e. The highest BCUT2D eigenvalue weighted by Crippen LogP contribution is 2.37. The Bertz CT molecular complexity index is 1840. The first-order valence-corrected chi connectivity index (χ1v) is 12.0. The molecular formula is C30H18N2OS. The number of aromatic nitrogens is 2. The Morgan fingerprint density at radius 1 is 0.529 bits per heavy atom. The number of thiophene rings is 1. The quantitative estimate of drug-likeness (QED) is 0.230. The average molecular weight is 455 g/mol. The SMILES string of the molecule is c1ccc2c(c1)ccc1c3ncccc3oc21.c1ccc2c(c1)ccc1c3ncccc3sc21. The molecule has 0 aliphatic carbocycles. The zero-order chi connectivity index (χ0) is 22.5. The molecule has 0 atom stereocenters. The van der Waals surface area contributed by atoms with Crippen molar-refractivity contribution >= 4 is 75.3 Å². The summed E-state index contributed by atoms with van der Waals surface area (Å²) in [5, 5.41) is 7.31. The second kappa shape index (κ2) is 7.65. The van der Waals surface area contributed by atoms with Crippen LogP contribution in [-0.2, 0) is 0 Å². The lowest BCUT2D eigenvalue weighted by Crippen LogP contribution is -1.73. The van der Waals surface area contributed by atoms with Gasteiger partial charge in [-0.15, -0.1) is 11.3 Å². The molecule has 0 N–H and O–H groups in total. The molecule has 160 valence electrons. The summed E-state index contributed by atoms with van der Waals surface area (Å²) >= 11 is 1.83. The molecule has 4 aromatic heterocycles. The molecule has 0 unspecified atom stereocenters. The van der Waals surface area contributed by atoms with Gasteiger partial charge in [-0.25, -0.2) is 0 Å². The van der Waals surface area contributed by atoms with E-state index in [9.17, 15) is 0 Å². The lowest BCUT2D eigenvalue weighted by molar-refractivity contribution is 0.672. The standard InChI is InChI=1S/C15H9NO.C15H9NS/c2*1-2-5-11-10(4-1)7-8-12-14-13(17-15(11)12)6-3-9-16-14/h2*1-9H. The Morgan fingerprint density at radius 2 is 1.21 bits per heavy atom. The molecule has 0 amide bonds. The molecule has 8 aromatic rings. The molecule has 0 spiro atoms. The van der Waals surface area contributed by atoms with Crippen LogP contribution in [0.4, 0.5) is 0 Å². The van der Waals surface area contributed by atoms with Crippen LogP contribution in [0.3, 0.4) is 0 Å². The number of hydrogen-bond acceptors (Lipinski definition) is 4. The fraction of sp³-hybridized carbons (Fsp3) is 0. The van der Waals surface area contributed by atoms with Crippen LogP contribution in [0.2, 0.25) is 0 Å². The van der Waals surface area contributed by atoms with E-state index in [4.69, 9.17) is 4.42 Å². The third-order valence-electron chi connectivity index (χ3n) is 6.23. The van der Waals surface area contributed by atoms with Crippen LogP contribution in [0.1, 0.15) is 0 Å². The van der Waals surface area contributed by atoms with E-state index < -0.39 is 0 Å². The van der Waals surface area contributed by atoms with Crippen molar-refractivity contribution in [2.75, 3.05) is 0 Å². The van der Waals surface area contributed by atoms with E-state index in [2.05, 4.69) is 76.7 Å². The van der Waals surface area contributed by atoms with Gasteiger partial charge in [0, 0.05) is 33.3 Å². The van der Waals surface area contributed by atoms with Gasteiger partial charge in [0.15, 0.2) is 5.58 Å². The van der Waals surface area contributed by atoms with Gasteiger partial charge in [-0.3, -0.25) is 9.97 Å². The van der Waals surface area contributed by atoms with Gasteiger partial charge in [-0.2, -0.15) is 0 Å². The van der Waals surface area contributed by atoms with E-state index in [1.165, 1.54) is 30.9 Å². The first-order valence-electron chi connectivity index (χ1n) is 11.2. The lowest BCUT2D eigenvalue weighted by Gasteiger charge is -1.97. The molecule has 3 nitrogen and oxygen atoms in total. The normalized spacial score (nSPS) is 11.5. The Labute approximate surface area is 198 Å². The second-order valence-corrected chi connectivity index (χ2v) is 9.28. The van der Waals surface area contributed by atoms with Crippen LogP contribution in [0.5, 0.6) is 0 Å². The van der Waals surface area contributed by atoms with Crippen LogP contribution in [0.15, 0.2) is 114 Å². The topological polar surface area (TPSA) is 38.9 Å². The predicted molar refractivity (Wildman–Crippen MR) is 144 cm³/mol. The molecule has 0 radical (unpaired) electrons. The van der Waals surface area contributed by atoms with Gasteiger partial charge in [0.25, 0.3) is 0 Å². The van der Waals surface area contributed by atoms with Crippen LogP contribution >= 0.6 is 11.3 Å². The minimum atomic E-state index is 0.846. The predicted octanol–water partition coefficient (Wildman–Crippen LogP) is 8.74. The number of benzene rings is 4. The number of pyridine rings is 2. The van der Waals surface area contributed by atoms with Gasteiger partial charge in [0.2, 0.25) is 0 Å². The Balaban J connectivity index is 0.000000118. The molecule has 0 saturated carbocycles. The van der Waals surface area contributed by atoms with Gasteiger partial charge in [0.05, 0.1) is 10.2 Å². The highest BCUT2D eigenvalue weighted by atomic mass is 32.1. The molecule has 0 aliphatic rings. The minimum Gasteiger partial charge on any atom is -0.454 e. The third kappa shape index (κ3) is 2.96. The van der Waals surface area contributed by atoms with Crippen molar-refractivity contribution in [2.24, 2.45) is 0 Å². The van der Waals surface area contributed by atoms with Crippen LogP contribution in [0, 0.1) is 0 Å². The van der Waals surface area contributed by atoms with E-state index in [0.29, 0.717) is 0 Å². The Morgan fingerprint density at radius 3 is 2.06 bits per heavy atom. The second-order valence-electron chi connectivity index (χ2n) is 8.23. The van der Waals surface area contributed by atoms with Crippen molar-refractivity contribution in [3.8, 4) is 0 Å². The molecule has 0 bridgehead atoms. The summed E-state index contributed by atoms with van der Waals surface area (Å²) in [7, 11) is 0. The number of nitrogens with zero attached hydrogens (tertiary/aromatic N) is 2. The first-order chi connectivity index (χ1) is 16.9. The number of hydrogen-bond donors (Lipinski definition) is 0. The highest BCUT2D eigenvalue weighted by molar-refractivity contribution is 7.26. The van der Waals surface area contributed by atoms with Crippen molar-refractivity contribution in [2.45, 2.75) is 0 Å². The van der Waals surface area contributed by atoms with Gasteiger partial charge in [0.1, 0.15) is 11.1 Å². The maximum Gasteiger partial charge on any atom is 0.153 e. The summed E-state index contributed by atoms with van der Waals surface area (Å²) in [5.74, 6) is 0. The van der Waals surface area contributed by atoms with Crippen LogP contribution in [0.25, 0.3) is 63.9 Å². The van der Waals surface area contributed by atoms with E-state index in [-0.39, 0.29) is 0 Å². The summed E-state index contributed by atoms with van der Waals surface area (Å²) in [5.41, 5.74) is 3.84. The van der Waals surface area contributed by atoms with Crippen molar-refractivity contribution in [1.82, 2.24) is 9.97 Å². The zero-order valence-corrected chi connectivity index (χ0v) is 18.9. The maximum absolute atomic E-state index is 5.90. The molecular weight excluding hydrogens is 436 g/mol. The molecule has 0 saturated heterocycles. The summed E-state index contributed by atoms with van der Waals surface area (Å²) < 4.78 is 8.51. The van der Waals surface area contributed by atoms with Gasteiger partial charge in [-0.1, -0.05) is 66.7 Å². The van der Waals surface area contributed by atoms with E-state index in [1.54, 1.807) is 6.20 Å². The highest BCUT2D eigenvalue weighted by Gasteiger charge is 2.10. The molecule has 8 rings (SSSR count). The van der Waals surface area contributed by atoms with E-state index in [1.807, 2.05) is 47.9 Å². The van der Waals surface area contributed by atoms with Crippen molar-refractivity contribution < 1.29 is 4.42 Å². The maximum atomic E-state index is 5.90. The Kier molecular flexibility index (Phi) is 4.32. The summed E-state index contributed by atoms with van der Waals surface area (Å²) in [6, 6.07) is 33.3. The van der Waals surface area contributed by atoms with E-state index >= 15 is 0 Å². The molecule has 4 heteroatoms. The monoisotopic (exact) mass is 454 g/mol. The summed E-state index contributed by atoms with van der Waals surface area (Å²) in [6.07, 6.45) is 3.66. The molecule has 4 aromatic carbocycles. The van der Waals surface area contributed by atoms with Crippen molar-refractivity contribution in [1.29, 1.82) is 0 Å². The van der Waals surface area contributed by atoms with Crippen molar-refractivity contribution in [3.05, 3.63) is 109 Å². The molecule has 0 fully saturated rings. The fourth-order valence-corrected chi connectivity index (χ4v) is 5.85. The van der Waals surface area contributed by atoms with Crippen molar-refractivity contribution in [3.63, 3.8) is 0 Å². The van der Waals surface area contributed by atoms with Gasteiger partial charge < -0.3 is 4.42 Å². The number of furan rings is 1. The fourth-order valence-electron chi connectivity index (χ4n) is 4.65. The van der Waals surface area contributed by atoms with Gasteiger partial charge in [-0.05, 0) is 46.5 Å². The summed E-state index contributed by atoms with van der Waals surface area (Å²) in [6.45, 7) is 0. The number of rotatable bonds is 0. The molecule has 34 heavy (non-hydrogen) atoms. The summed E-state index contributed by atoms with van der Waals surface area (Å²) in [4.78, 5) is 8.87. The third-order valence-corrected chi connectivity index (χ3v) is 7.43. The Hall–Kier alpha value is -4.28. The molecule has 4 heterocycles. The average Bonchev–Trinajstić information content (AvgIpc) is 3.48. The zero-order valence-electron chi connectivity index (χ0n) is 18.1. The number of fused-ring (bicyclic) bond motifs is 10. The van der Waals surface area contributed by atoms with Gasteiger partial charge >= 0.3 is 0 Å². The van der Waals surface area contributed by atoms with E-state index in [0.717, 1.165) is 33.0 Å². The lowest BCUT2D eigenvalue weighted by atomic mass is 10.1. The first kappa shape index (κ1) is 19.2. The molecule has 0 aliphatic heterocycles.